The van der Waals surface area contributed by atoms with Crippen molar-refractivity contribution in [3.05, 3.63) is 59.2 Å². The van der Waals surface area contributed by atoms with Crippen LogP contribution in [0.1, 0.15) is 62.0 Å². The highest BCUT2D eigenvalue weighted by Gasteiger charge is 2.54. The highest BCUT2D eigenvalue weighted by molar-refractivity contribution is 6.64. The molecule has 3 rings (SSSR count). The maximum Gasteiger partial charge on any atom is 0.499 e. The van der Waals surface area contributed by atoms with E-state index in [2.05, 4.69) is 6.92 Å². The molecule has 0 aliphatic carbocycles. The molecule has 166 valence electrons. The minimum absolute atomic E-state index is 0.454. The molecule has 1 aliphatic rings. The molecule has 0 saturated carbocycles. The number of aryl methyl sites for hydroxylation is 1. The quantitative estimate of drug-likeness (QED) is 0.320. The van der Waals surface area contributed by atoms with Crippen molar-refractivity contribution in [2.75, 3.05) is 13.2 Å². The topological polar surface area (TPSA) is 54.0 Å². The molecular formula is C25H33BO5. The van der Waals surface area contributed by atoms with Crippen LogP contribution in [0.3, 0.4) is 0 Å². The Morgan fingerprint density at radius 1 is 1.03 bits per heavy atom. The summed E-state index contributed by atoms with van der Waals surface area (Å²) in [6.45, 7) is 11.8. The molecule has 0 bridgehead atoms. The van der Waals surface area contributed by atoms with Gasteiger partial charge in [-0.3, -0.25) is 4.79 Å². The van der Waals surface area contributed by atoms with E-state index in [0.29, 0.717) is 36.6 Å². The lowest BCUT2D eigenvalue weighted by Gasteiger charge is -2.35. The average molecular weight is 424 g/mol. The third kappa shape index (κ3) is 5.20. The Morgan fingerprint density at radius 2 is 1.77 bits per heavy atom. The van der Waals surface area contributed by atoms with E-state index in [1.165, 1.54) is 0 Å². The summed E-state index contributed by atoms with van der Waals surface area (Å²) in [4.78, 5) is 11.8. The molecule has 1 fully saturated rings. The Morgan fingerprint density at radius 3 is 2.42 bits per heavy atom. The van der Waals surface area contributed by atoms with Crippen LogP contribution in [0.25, 0.3) is 0 Å². The van der Waals surface area contributed by atoms with Crippen LogP contribution in [0.5, 0.6) is 5.75 Å². The molecule has 2 aromatic carbocycles. The van der Waals surface area contributed by atoms with Crippen LogP contribution in [-0.4, -0.2) is 37.8 Å². The summed E-state index contributed by atoms with van der Waals surface area (Å²) in [5, 5.41) is 0. The van der Waals surface area contributed by atoms with Crippen LogP contribution in [0.15, 0.2) is 42.5 Å². The standard InChI is InChI=1S/C25H33BO5/c1-6-25(5)24(3,4)30-26(31-25)22-21(17-27)14-13-19(2)23(22)29-16-10-15-28-18-20-11-8-7-9-12-20/h7-9,11-14,17H,6,10,15-16,18H2,1-5H3. The van der Waals surface area contributed by atoms with E-state index in [0.717, 1.165) is 30.3 Å². The zero-order valence-electron chi connectivity index (χ0n) is 19.3. The van der Waals surface area contributed by atoms with Crippen molar-refractivity contribution in [1.82, 2.24) is 0 Å². The van der Waals surface area contributed by atoms with Gasteiger partial charge in [0.05, 0.1) is 31.0 Å². The molecule has 1 aliphatic heterocycles. The fourth-order valence-electron chi connectivity index (χ4n) is 3.78. The van der Waals surface area contributed by atoms with Crippen LogP contribution >= 0.6 is 0 Å². The van der Waals surface area contributed by atoms with Crippen molar-refractivity contribution in [1.29, 1.82) is 0 Å². The van der Waals surface area contributed by atoms with E-state index < -0.39 is 18.3 Å². The Labute approximate surface area is 186 Å². The summed E-state index contributed by atoms with van der Waals surface area (Å²) in [5.41, 5.74) is 2.36. The van der Waals surface area contributed by atoms with Crippen molar-refractivity contribution in [3.8, 4) is 5.75 Å². The molecular weight excluding hydrogens is 391 g/mol. The van der Waals surface area contributed by atoms with Crippen molar-refractivity contribution in [2.24, 2.45) is 0 Å². The van der Waals surface area contributed by atoms with Crippen molar-refractivity contribution < 1.29 is 23.6 Å². The van der Waals surface area contributed by atoms with Gasteiger partial charge in [0, 0.05) is 17.4 Å². The summed E-state index contributed by atoms with van der Waals surface area (Å²) in [7, 11) is -0.649. The van der Waals surface area contributed by atoms with Crippen LogP contribution < -0.4 is 10.2 Å². The Bertz CT molecular complexity index is 883. The zero-order chi connectivity index (χ0) is 22.5. The predicted molar refractivity (Wildman–Crippen MR) is 123 cm³/mol. The van der Waals surface area contributed by atoms with Gasteiger partial charge in [-0.25, -0.2) is 0 Å². The first kappa shape index (κ1) is 23.5. The summed E-state index contributed by atoms with van der Waals surface area (Å²) >= 11 is 0. The minimum atomic E-state index is -0.649. The molecule has 1 heterocycles. The number of aldehydes is 1. The molecule has 31 heavy (non-hydrogen) atoms. The van der Waals surface area contributed by atoms with Crippen molar-refractivity contribution >= 4 is 18.9 Å². The molecule has 0 amide bonds. The lowest BCUT2D eigenvalue weighted by atomic mass is 9.74. The van der Waals surface area contributed by atoms with E-state index in [1.807, 2.05) is 64.1 Å². The number of benzene rings is 2. The van der Waals surface area contributed by atoms with E-state index >= 15 is 0 Å². The summed E-state index contributed by atoms with van der Waals surface area (Å²) in [6.07, 6.45) is 2.38. The van der Waals surface area contributed by atoms with Gasteiger partial charge in [-0.05, 0) is 45.2 Å². The first-order valence-electron chi connectivity index (χ1n) is 11.0. The summed E-state index contributed by atoms with van der Waals surface area (Å²) in [6, 6.07) is 13.8. The maximum atomic E-state index is 11.8. The third-order valence-corrected chi connectivity index (χ3v) is 6.30. The third-order valence-electron chi connectivity index (χ3n) is 6.30. The maximum absolute atomic E-state index is 11.8. The van der Waals surface area contributed by atoms with Gasteiger partial charge in [0.1, 0.15) is 12.0 Å². The lowest BCUT2D eigenvalue weighted by Crippen LogP contribution is -2.44. The van der Waals surface area contributed by atoms with Crippen LogP contribution in [0.4, 0.5) is 0 Å². The Balaban J connectivity index is 1.67. The average Bonchev–Trinajstić information content (AvgIpc) is 3.01. The molecule has 2 aromatic rings. The molecule has 6 heteroatoms. The molecule has 5 nitrogen and oxygen atoms in total. The van der Waals surface area contributed by atoms with Crippen LogP contribution in [0.2, 0.25) is 0 Å². The Hall–Kier alpha value is -2.15. The lowest BCUT2D eigenvalue weighted by molar-refractivity contribution is -0.0118. The van der Waals surface area contributed by atoms with E-state index in [1.54, 1.807) is 6.07 Å². The first-order chi connectivity index (χ1) is 14.8. The second kappa shape index (κ2) is 9.98. The SMILES string of the molecule is CCC1(C)OB(c2c(C=O)ccc(C)c2OCCCOCc2ccccc2)OC1(C)C. The number of hydrogen-bond acceptors (Lipinski definition) is 5. The van der Waals surface area contributed by atoms with Gasteiger partial charge in [0.15, 0.2) is 0 Å². The zero-order valence-corrected chi connectivity index (χ0v) is 19.3. The van der Waals surface area contributed by atoms with E-state index in [9.17, 15) is 4.79 Å². The number of carbonyl (C=O) groups excluding carboxylic acids is 1. The second-order valence-corrected chi connectivity index (χ2v) is 8.73. The van der Waals surface area contributed by atoms with Crippen molar-refractivity contribution in [3.63, 3.8) is 0 Å². The highest BCUT2D eigenvalue weighted by atomic mass is 16.7. The van der Waals surface area contributed by atoms with Gasteiger partial charge < -0.3 is 18.8 Å². The molecule has 0 radical (unpaired) electrons. The van der Waals surface area contributed by atoms with Crippen molar-refractivity contribution in [2.45, 2.75) is 65.3 Å². The highest BCUT2D eigenvalue weighted by Crippen LogP contribution is 2.40. The monoisotopic (exact) mass is 424 g/mol. The van der Waals surface area contributed by atoms with Gasteiger partial charge in [-0.1, -0.05) is 49.4 Å². The number of ether oxygens (including phenoxy) is 2. The van der Waals surface area contributed by atoms with Gasteiger partial charge in [-0.15, -0.1) is 0 Å². The normalized spacial score (nSPS) is 20.1. The van der Waals surface area contributed by atoms with Gasteiger partial charge in [0.2, 0.25) is 0 Å². The number of rotatable bonds is 10. The largest absolute Gasteiger partial charge is 0.499 e. The molecule has 0 N–H and O–H groups in total. The van der Waals surface area contributed by atoms with Gasteiger partial charge in [-0.2, -0.15) is 0 Å². The van der Waals surface area contributed by atoms with Gasteiger partial charge in [0.25, 0.3) is 0 Å². The molecule has 0 aromatic heterocycles. The van der Waals surface area contributed by atoms with Crippen LogP contribution in [-0.2, 0) is 20.7 Å². The van der Waals surface area contributed by atoms with E-state index in [4.69, 9.17) is 18.8 Å². The molecule has 1 saturated heterocycles. The Kier molecular flexibility index (Phi) is 7.57. The smallest absolute Gasteiger partial charge is 0.494 e. The molecule has 1 atom stereocenters. The molecule has 0 spiro atoms. The second-order valence-electron chi connectivity index (χ2n) is 8.73. The first-order valence-corrected chi connectivity index (χ1v) is 11.0. The minimum Gasteiger partial charge on any atom is -0.494 e. The van der Waals surface area contributed by atoms with Crippen LogP contribution in [0, 0.1) is 6.92 Å². The fraction of sp³-hybridized carbons (Fsp3) is 0.480. The molecule has 1 unspecified atom stereocenters. The number of hydrogen-bond donors (Lipinski definition) is 0. The predicted octanol–water partition coefficient (Wildman–Crippen LogP) is 4.48. The van der Waals surface area contributed by atoms with E-state index in [-0.39, 0.29) is 0 Å². The van der Waals surface area contributed by atoms with Gasteiger partial charge >= 0.3 is 7.12 Å². The fourth-order valence-corrected chi connectivity index (χ4v) is 3.78. The summed E-state index contributed by atoms with van der Waals surface area (Å²) in [5.74, 6) is 0.661. The number of carbonyl (C=O) groups is 1. The summed E-state index contributed by atoms with van der Waals surface area (Å²) < 4.78 is 24.5.